The number of nitrogens with one attached hydrogen (secondary N) is 1. The zero-order valence-corrected chi connectivity index (χ0v) is 12.8. The van der Waals surface area contributed by atoms with Gasteiger partial charge in [-0.1, -0.05) is 36.4 Å². The van der Waals surface area contributed by atoms with Crippen molar-refractivity contribution in [3.8, 4) is 5.69 Å². The highest BCUT2D eigenvalue weighted by Crippen LogP contribution is 2.23. The van der Waals surface area contributed by atoms with Gasteiger partial charge in [0.25, 0.3) is 5.91 Å². The molecule has 5 heteroatoms. The summed E-state index contributed by atoms with van der Waals surface area (Å²) < 4.78 is 1.78. The normalized spacial score (nSPS) is 10.7. The third-order valence-corrected chi connectivity index (χ3v) is 3.88. The van der Waals surface area contributed by atoms with Crippen molar-refractivity contribution in [1.82, 2.24) is 14.8 Å². The summed E-state index contributed by atoms with van der Waals surface area (Å²) in [6, 6.07) is 21.1. The highest BCUT2D eigenvalue weighted by Gasteiger charge is 2.08. The first-order valence-corrected chi connectivity index (χ1v) is 7.55. The molecule has 5 nitrogen and oxygen atoms in total. The van der Waals surface area contributed by atoms with Crippen LogP contribution in [-0.2, 0) is 0 Å². The van der Waals surface area contributed by atoms with E-state index in [-0.39, 0.29) is 5.91 Å². The molecule has 1 N–H and O–H groups in total. The number of amides is 1. The van der Waals surface area contributed by atoms with E-state index in [9.17, 15) is 4.79 Å². The maximum Gasteiger partial charge on any atom is 0.255 e. The zero-order valence-electron chi connectivity index (χ0n) is 12.8. The maximum atomic E-state index is 12.5. The molecule has 0 fully saturated rings. The van der Waals surface area contributed by atoms with Gasteiger partial charge in [-0.2, -0.15) is 0 Å². The lowest BCUT2D eigenvalue weighted by atomic mass is 10.1. The predicted molar refractivity (Wildman–Crippen MR) is 93.3 cm³/mol. The Hall–Kier alpha value is -3.47. The van der Waals surface area contributed by atoms with E-state index in [0.29, 0.717) is 5.56 Å². The van der Waals surface area contributed by atoms with Gasteiger partial charge in [-0.05, 0) is 35.7 Å². The average molecular weight is 314 g/mol. The fourth-order valence-electron chi connectivity index (χ4n) is 2.65. The average Bonchev–Trinajstić information content (AvgIpc) is 3.17. The summed E-state index contributed by atoms with van der Waals surface area (Å²) >= 11 is 0. The smallest absolute Gasteiger partial charge is 0.255 e. The van der Waals surface area contributed by atoms with Gasteiger partial charge in [0.1, 0.15) is 12.7 Å². The summed E-state index contributed by atoms with van der Waals surface area (Å²) in [5, 5.41) is 12.7. The number of rotatable bonds is 3. The van der Waals surface area contributed by atoms with E-state index in [1.54, 1.807) is 29.4 Å². The first-order valence-electron chi connectivity index (χ1n) is 7.55. The van der Waals surface area contributed by atoms with Crippen molar-refractivity contribution in [3.63, 3.8) is 0 Å². The Labute approximate surface area is 138 Å². The second-order valence-corrected chi connectivity index (χ2v) is 5.40. The molecule has 0 saturated heterocycles. The molecule has 1 amide bonds. The highest BCUT2D eigenvalue weighted by atomic mass is 16.1. The van der Waals surface area contributed by atoms with Crippen molar-refractivity contribution in [2.45, 2.75) is 0 Å². The fraction of sp³-hybridized carbons (Fsp3) is 0. The van der Waals surface area contributed by atoms with Gasteiger partial charge in [0.2, 0.25) is 0 Å². The lowest BCUT2D eigenvalue weighted by Gasteiger charge is -2.09. The molecule has 4 rings (SSSR count). The van der Waals surface area contributed by atoms with Crippen LogP contribution in [0.4, 0.5) is 5.69 Å². The molecule has 1 heterocycles. The Morgan fingerprint density at radius 3 is 2.33 bits per heavy atom. The molecule has 3 aromatic carbocycles. The Kier molecular flexibility index (Phi) is 3.51. The molecule has 1 aromatic heterocycles. The molecule has 0 saturated carbocycles. The topological polar surface area (TPSA) is 59.8 Å². The minimum atomic E-state index is -0.137. The van der Waals surface area contributed by atoms with Crippen LogP contribution < -0.4 is 5.32 Å². The second kappa shape index (κ2) is 5.96. The maximum absolute atomic E-state index is 12.5. The highest BCUT2D eigenvalue weighted by molar-refractivity contribution is 6.09. The van der Waals surface area contributed by atoms with Gasteiger partial charge in [-0.15, -0.1) is 10.2 Å². The molecular formula is C19H14N4O. The van der Waals surface area contributed by atoms with Crippen LogP contribution in [-0.4, -0.2) is 20.7 Å². The van der Waals surface area contributed by atoms with Crippen molar-refractivity contribution >= 4 is 22.4 Å². The molecule has 0 aliphatic rings. The van der Waals surface area contributed by atoms with E-state index in [4.69, 9.17) is 0 Å². The van der Waals surface area contributed by atoms with Gasteiger partial charge >= 0.3 is 0 Å². The van der Waals surface area contributed by atoms with Crippen LogP contribution in [0, 0.1) is 0 Å². The van der Waals surface area contributed by atoms with E-state index in [1.165, 1.54) is 0 Å². The van der Waals surface area contributed by atoms with Gasteiger partial charge in [0.05, 0.1) is 0 Å². The van der Waals surface area contributed by atoms with E-state index >= 15 is 0 Å². The largest absolute Gasteiger partial charge is 0.321 e. The zero-order chi connectivity index (χ0) is 16.4. The lowest BCUT2D eigenvalue weighted by Crippen LogP contribution is -2.12. The molecule has 0 spiro atoms. The second-order valence-electron chi connectivity index (χ2n) is 5.40. The fourth-order valence-corrected chi connectivity index (χ4v) is 2.65. The van der Waals surface area contributed by atoms with Gasteiger partial charge in [-0.3, -0.25) is 9.36 Å². The van der Waals surface area contributed by atoms with Crippen LogP contribution in [0.15, 0.2) is 79.4 Å². The standard InChI is InChI=1S/C19H14N4O/c24-19(15-8-10-16(11-9-15)23-12-20-21-13-23)22-18-7-3-5-14-4-1-2-6-17(14)18/h1-13H,(H,22,24). The van der Waals surface area contributed by atoms with Crippen LogP contribution in [0.2, 0.25) is 0 Å². The van der Waals surface area contributed by atoms with E-state index < -0.39 is 0 Å². The Morgan fingerprint density at radius 1 is 0.833 bits per heavy atom. The Balaban J connectivity index is 1.60. The molecule has 0 atom stereocenters. The summed E-state index contributed by atoms with van der Waals surface area (Å²) in [6.45, 7) is 0. The molecular weight excluding hydrogens is 300 g/mol. The third kappa shape index (κ3) is 2.63. The van der Waals surface area contributed by atoms with Gasteiger partial charge in [-0.25, -0.2) is 0 Å². The van der Waals surface area contributed by atoms with Gasteiger partial charge in [0, 0.05) is 22.3 Å². The molecule has 0 unspecified atom stereocenters. The number of fused-ring (bicyclic) bond motifs is 1. The number of hydrogen-bond acceptors (Lipinski definition) is 3. The van der Waals surface area contributed by atoms with Crippen molar-refractivity contribution in [2.75, 3.05) is 5.32 Å². The number of benzene rings is 3. The number of anilines is 1. The van der Waals surface area contributed by atoms with Gasteiger partial charge < -0.3 is 5.32 Å². The SMILES string of the molecule is O=C(Nc1cccc2ccccc12)c1ccc(-n2cnnc2)cc1. The molecule has 0 bridgehead atoms. The van der Waals surface area contributed by atoms with Crippen molar-refractivity contribution < 1.29 is 4.79 Å². The molecule has 0 aliphatic carbocycles. The van der Waals surface area contributed by atoms with Gasteiger partial charge in [0.15, 0.2) is 0 Å². The van der Waals surface area contributed by atoms with Crippen LogP contribution in [0.5, 0.6) is 0 Å². The van der Waals surface area contributed by atoms with Crippen molar-refractivity contribution in [2.24, 2.45) is 0 Å². The van der Waals surface area contributed by atoms with Crippen LogP contribution in [0.1, 0.15) is 10.4 Å². The molecule has 0 radical (unpaired) electrons. The first kappa shape index (κ1) is 14.1. The summed E-state index contributed by atoms with van der Waals surface area (Å²) in [4.78, 5) is 12.5. The van der Waals surface area contributed by atoms with E-state index in [0.717, 1.165) is 22.1 Å². The molecule has 4 aromatic rings. The Morgan fingerprint density at radius 2 is 1.54 bits per heavy atom. The summed E-state index contributed by atoms with van der Waals surface area (Å²) in [6.07, 6.45) is 3.23. The lowest BCUT2D eigenvalue weighted by molar-refractivity contribution is 0.102. The molecule has 116 valence electrons. The summed E-state index contributed by atoms with van der Waals surface area (Å²) in [7, 11) is 0. The molecule has 24 heavy (non-hydrogen) atoms. The van der Waals surface area contributed by atoms with Crippen molar-refractivity contribution in [3.05, 3.63) is 84.9 Å². The summed E-state index contributed by atoms with van der Waals surface area (Å²) in [5.41, 5.74) is 2.31. The number of hydrogen-bond donors (Lipinski definition) is 1. The summed E-state index contributed by atoms with van der Waals surface area (Å²) in [5.74, 6) is -0.137. The quantitative estimate of drug-likeness (QED) is 0.627. The van der Waals surface area contributed by atoms with Crippen molar-refractivity contribution in [1.29, 1.82) is 0 Å². The first-order chi connectivity index (χ1) is 11.8. The van der Waals surface area contributed by atoms with Crippen LogP contribution in [0.25, 0.3) is 16.5 Å². The predicted octanol–water partition coefficient (Wildman–Crippen LogP) is 3.67. The third-order valence-electron chi connectivity index (χ3n) is 3.88. The van der Waals surface area contributed by atoms with Crippen LogP contribution >= 0.6 is 0 Å². The number of aromatic nitrogens is 3. The monoisotopic (exact) mass is 314 g/mol. The molecule has 0 aliphatic heterocycles. The number of carbonyl (C=O) groups excluding carboxylic acids is 1. The van der Waals surface area contributed by atoms with Crippen LogP contribution in [0.3, 0.4) is 0 Å². The Bertz CT molecular complexity index is 986. The number of nitrogens with zero attached hydrogens (tertiary/aromatic N) is 3. The van der Waals surface area contributed by atoms with E-state index in [2.05, 4.69) is 15.5 Å². The minimum Gasteiger partial charge on any atom is -0.321 e. The number of carbonyl (C=O) groups is 1. The minimum absolute atomic E-state index is 0.137. The van der Waals surface area contributed by atoms with E-state index in [1.807, 2.05) is 54.6 Å².